The maximum absolute atomic E-state index is 10.8. The lowest BCUT2D eigenvalue weighted by Gasteiger charge is -2.29. The molecule has 0 bridgehead atoms. The molecule has 4 heteroatoms. The molecule has 0 unspecified atom stereocenters. The molecule has 3 nitrogen and oxygen atoms in total. The smallest absolute Gasteiger partial charge is 0.123 e. The van der Waals surface area contributed by atoms with Crippen molar-refractivity contribution in [1.82, 2.24) is 0 Å². The second kappa shape index (κ2) is 8.15. The van der Waals surface area contributed by atoms with Gasteiger partial charge in [-0.2, -0.15) is 0 Å². The molecule has 0 fully saturated rings. The average Bonchev–Trinajstić information content (AvgIpc) is 2.64. The molecule has 2 aromatic carbocycles. The van der Waals surface area contributed by atoms with Gasteiger partial charge in [-0.3, -0.25) is 4.99 Å². The van der Waals surface area contributed by atoms with Gasteiger partial charge in [0.2, 0.25) is 0 Å². The van der Waals surface area contributed by atoms with Crippen LogP contribution in [0.5, 0.6) is 11.5 Å². The summed E-state index contributed by atoms with van der Waals surface area (Å²) < 4.78 is 5.15. The quantitative estimate of drug-likeness (QED) is 0.577. The first kappa shape index (κ1) is 18.3. The van der Waals surface area contributed by atoms with E-state index < -0.39 is 8.07 Å². The summed E-state index contributed by atoms with van der Waals surface area (Å²) in [7, 11) is 0.0276. The molecule has 0 atom stereocenters. The zero-order valence-corrected chi connectivity index (χ0v) is 16.0. The highest BCUT2D eigenvalue weighted by molar-refractivity contribution is 6.92. The van der Waals surface area contributed by atoms with Crippen molar-refractivity contribution in [3.63, 3.8) is 0 Å². The number of nitrogens with zero attached hydrogens (tertiary/aromatic N) is 1. The van der Waals surface area contributed by atoms with Crippen molar-refractivity contribution in [2.24, 2.45) is 4.99 Å². The molecule has 0 radical (unpaired) electrons. The molecule has 0 saturated carbocycles. The van der Waals surface area contributed by atoms with Crippen molar-refractivity contribution in [2.45, 2.75) is 38.9 Å². The zero-order chi connectivity index (χ0) is 17.6. The van der Waals surface area contributed by atoms with Crippen molar-refractivity contribution < 1.29 is 9.84 Å². The van der Waals surface area contributed by atoms with Crippen molar-refractivity contribution in [1.29, 1.82) is 0 Å². The Morgan fingerprint density at radius 3 is 2.17 bits per heavy atom. The van der Waals surface area contributed by atoms with Crippen molar-refractivity contribution in [2.75, 3.05) is 7.11 Å². The molecule has 0 aliphatic rings. The molecule has 0 amide bonds. The maximum atomic E-state index is 10.8. The number of para-hydroxylation sites is 1. The topological polar surface area (TPSA) is 41.8 Å². The second-order valence-corrected chi connectivity index (χ2v) is 11.3. The lowest BCUT2D eigenvalue weighted by molar-refractivity contribution is 0.415. The van der Waals surface area contributed by atoms with E-state index in [4.69, 9.17) is 4.74 Å². The Kier molecular flexibility index (Phi) is 6.21. The molecule has 0 aliphatic heterocycles. The number of methoxy groups -OCH3 is 1. The number of hydrogen-bond donors (Lipinski definition) is 1. The van der Waals surface area contributed by atoms with Crippen molar-refractivity contribution in [3.05, 3.63) is 48.0 Å². The average molecular weight is 342 g/mol. The van der Waals surface area contributed by atoms with E-state index in [9.17, 15) is 5.11 Å². The van der Waals surface area contributed by atoms with Crippen LogP contribution in [0.1, 0.15) is 26.3 Å². The highest BCUT2D eigenvalue weighted by Gasteiger charge is 2.32. The molecule has 2 aromatic rings. The monoisotopic (exact) mass is 341 g/mol. The molecule has 0 heterocycles. The van der Waals surface area contributed by atoms with Crippen LogP contribution < -0.4 is 9.92 Å². The number of rotatable bonds is 7. The molecule has 0 aliphatic carbocycles. The summed E-state index contributed by atoms with van der Waals surface area (Å²) in [4.78, 5) is 4.49. The van der Waals surface area contributed by atoms with Crippen molar-refractivity contribution in [3.8, 4) is 11.5 Å². The predicted molar refractivity (Wildman–Crippen MR) is 105 cm³/mol. The third-order valence-electron chi connectivity index (χ3n) is 5.09. The summed E-state index contributed by atoms with van der Waals surface area (Å²) in [6, 6.07) is 17.1. The molecule has 2 rings (SSSR count). The third kappa shape index (κ3) is 3.70. The lowest BCUT2D eigenvalue weighted by atomic mass is 10.2. The second-order valence-electron chi connectivity index (χ2n) is 6.04. The number of ether oxygens (including phenoxy) is 1. The van der Waals surface area contributed by atoms with E-state index in [1.165, 1.54) is 0 Å². The predicted octanol–water partition coefficient (Wildman–Crippen LogP) is 4.87. The number of aliphatic imine (C=N–C) groups is 1. The van der Waals surface area contributed by atoms with E-state index in [2.05, 4.69) is 31.8 Å². The van der Waals surface area contributed by atoms with Gasteiger partial charge < -0.3 is 9.84 Å². The molecule has 1 N–H and O–H groups in total. The van der Waals surface area contributed by atoms with Gasteiger partial charge in [0, 0.05) is 11.8 Å². The Balaban J connectivity index is 2.34. The van der Waals surface area contributed by atoms with E-state index in [0.717, 1.165) is 40.3 Å². The van der Waals surface area contributed by atoms with Gasteiger partial charge in [0.25, 0.3) is 0 Å². The minimum absolute atomic E-state index is 0.409. The number of phenols is 1. The van der Waals surface area contributed by atoms with Gasteiger partial charge >= 0.3 is 0 Å². The van der Waals surface area contributed by atoms with E-state index in [-0.39, 0.29) is 0 Å². The van der Waals surface area contributed by atoms with Gasteiger partial charge in [0.05, 0.1) is 20.9 Å². The van der Waals surface area contributed by atoms with Gasteiger partial charge in [0.1, 0.15) is 11.5 Å². The Morgan fingerprint density at radius 2 is 1.62 bits per heavy atom. The van der Waals surface area contributed by atoms with Crippen LogP contribution in [0, 0.1) is 0 Å². The van der Waals surface area contributed by atoms with Gasteiger partial charge in [-0.05, 0) is 35.5 Å². The summed E-state index contributed by atoms with van der Waals surface area (Å²) in [5.74, 6) is 1.22. The Hall–Kier alpha value is -2.07. The number of hydrogen-bond acceptors (Lipinski definition) is 3. The largest absolute Gasteiger partial charge is 0.507 e. The summed E-state index contributed by atoms with van der Waals surface area (Å²) in [5.41, 5.74) is 1.63. The van der Waals surface area contributed by atoms with Crippen molar-refractivity contribution >= 4 is 25.2 Å². The molecule has 0 aromatic heterocycles. The van der Waals surface area contributed by atoms with Gasteiger partial charge in [-0.15, -0.1) is 0 Å². The first-order chi connectivity index (χ1) is 11.6. The molecular formula is C20H27NO2Si. The van der Waals surface area contributed by atoms with Crippen LogP contribution in [0.25, 0.3) is 0 Å². The Morgan fingerprint density at radius 1 is 1.00 bits per heavy atom. The van der Waals surface area contributed by atoms with E-state index in [0.29, 0.717) is 5.75 Å². The van der Waals surface area contributed by atoms with E-state index in [1.54, 1.807) is 13.3 Å². The SMILES string of the molecule is CC[Si](CC)(CC)c1cccc(C=Nc2ccc(OC)cc2)c1O. The normalized spacial score (nSPS) is 11.8. The standard InChI is InChI=1S/C20H27NO2Si/c1-5-24(6-2,7-3)19-10-8-9-16(20(19)22)15-21-17-11-13-18(23-4)14-12-17/h8-15,22H,5-7H2,1-4H3. The highest BCUT2D eigenvalue weighted by atomic mass is 28.3. The first-order valence-corrected chi connectivity index (χ1v) is 11.2. The molecule has 0 saturated heterocycles. The first-order valence-electron chi connectivity index (χ1n) is 8.60. The van der Waals surface area contributed by atoms with Crippen LogP contribution in [0.4, 0.5) is 5.69 Å². The summed E-state index contributed by atoms with van der Waals surface area (Å²) in [6.07, 6.45) is 1.75. The van der Waals surface area contributed by atoms with Crippen LogP contribution in [0.3, 0.4) is 0 Å². The fraction of sp³-hybridized carbons (Fsp3) is 0.350. The molecule has 0 spiro atoms. The summed E-state index contributed by atoms with van der Waals surface area (Å²) in [5, 5.41) is 12.0. The molecular weight excluding hydrogens is 314 g/mol. The fourth-order valence-corrected chi connectivity index (χ4v) is 6.97. The molecule has 128 valence electrons. The van der Waals surface area contributed by atoms with Gasteiger partial charge in [-0.1, -0.05) is 51.0 Å². The number of aromatic hydroxyl groups is 1. The minimum atomic E-state index is -1.62. The van der Waals surface area contributed by atoms with E-state index >= 15 is 0 Å². The summed E-state index contributed by atoms with van der Waals surface area (Å²) in [6.45, 7) is 6.74. The fourth-order valence-electron chi connectivity index (χ4n) is 3.23. The van der Waals surface area contributed by atoms with Crippen LogP contribution >= 0.6 is 0 Å². The van der Waals surface area contributed by atoms with Crippen LogP contribution in [-0.4, -0.2) is 26.5 Å². The van der Waals surface area contributed by atoms with Gasteiger partial charge in [-0.25, -0.2) is 0 Å². The zero-order valence-electron chi connectivity index (χ0n) is 15.0. The van der Waals surface area contributed by atoms with E-state index in [1.807, 2.05) is 36.4 Å². The third-order valence-corrected chi connectivity index (χ3v) is 10.7. The molecule has 24 heavy (non-hydrogen) atoms. The van der Waals surface area contributed by atoms with Gasteiger partial charge in [0.15, 0.2) is 0 Å². The minimum Gasteiger partial charge on any atom is -0.507 e. The number of benzene rings is 2. The Bertz CT molecular complexity index is 683. The maximum Gasteiger partial charge on any atom is 0.123 e. The van der Waals surface area contributed by atoms with Crippen LogP contribution in [-0.2, 0) is 0 Å². The number of phenolic OH excluding ortho intramolecular Hbond substituents is 1. The van der Waals surface area contributed by atoms with Crippen LogP contribution in [0.2, 0.25) is 18.1 Å². The Labute approximate surface area is 146 Å². The highest BCUT2D eigenvalue weighted by Crippen LogP contribution is 2.26. The lowest BCUT2D eigenvalue weighted by Crippen LogP contribution is -2.46. The summed E-state index contributed by atoms with van der Waals surface area (Å²) >= 11 is 0. The van der Waals surface area contributed by atoms with Crippen LogP contribution in [0.15, 0.2) is 47.5 Å².